The van der Waals surface area contributed by atoms with Gasteiger partial charge in [0.2, 0.25) is 0 Å². The SMILES string of the molecule is Cc1cc(F)ccc1[C@H]1C[C@@H](OC(=O)NCCS(C)(=O)=O)CCN1C(=O)NCCc1cc(C(F)(F)F)cc(C(F)(F)F)c1. The molecule has 238 valence electrons. The van der Waals surface area contributed by atoms with Crippen molar-refractivity contribution in [2.75, 3.05) is 31.6 Å². The van der Waals surface area contributed by atoms with Crippen LogP contribution in [0.15, 0.2) is 36.4 Å². The fourth-order valence-corrected chi connectivity index (χ4v) is 5.17. The molecule has 0 spiro atoms. The summed E-state index contributed by atoms with van der Waals surface area (Å²) in [6.45, 7) is 1.20. The largest absolute Gasteiger partial charge is 0.446 e. The third-order valence-corrected chi connectivity index (χ3v) is 7.71. The number of sulfone groups is 1. The number of amides is 3. The van der Waals surface area contributed by atoms with Gasteiger partial charge in [0, 0.05) is 38.7 Å². The first-order valence-electron chi connectivity index (χ1n) is 13.0. The summed E-state index contributed by atoms with van der Waals surface area (Å²) in [5.41, 5.74) is -2.17. The van der Waals surface area contributed by atoms with Crippen molar-refractivity contribution in [2.45, 2.75) is 50.7 Å². The number of rotatable bonds is 8. The molecule has 1 aliphatic rings. The van der Waals surface area contributed by atoms with E-state index in [1.165, 1.54) is 23.1 Å². The number of alkyl carbamates (subject to hydrolysis) is 1. The minimum Gasteiger partial charge on any atom is -0.446 e. The van der Waals surface area contributed by atoms with E-state index in [0.29, 0.717) is 23.3 Å². The van der Waals surface area contributed by atoms with Gasteiger partial charge in [0.15, 0.2) is 0 Å². The Hall–Kier alpha value is -3.56. The lowest BCUT2D eigenvalue weighted by molar-refractivity contribution is -0.143. The van der Waals surface area contributed by atoms with Crippen LogP contribution in [0.3, 0.4) is 0 Å². The molecule has 0 aliphatic carbocycles. The monoisotopic (exact) mass is 641 g/mol. The van der Waals surface area contributed by atoms with Gasteiger partial charge in [0.1, 0.15) is 21.8 Å². The van der Waals surface area contributed by atoms with Crippen LogP contribution >= 0.6 is 0 Å². The molecule has 2 atom stereocenters. The lowest BCUT2D eigenvalue weighted by Gasteiger charge is -2.40. The van der Waals surface area contributed by atoms with Crippen molar-refractivity contribution in [1.82, 2.24) is 15.5 Å². The Morgan fingerprint density at radius 1 is 0.977 bits per heavy atom. The third kappa shape index (κ3) is 10.0. The standard InChI is InChI=1S/C27H30F7N3O5S/c1-16-11-20(28)3-4-22(16)23-15-21(42-25(39)36-8-10-43(2,40)41)6-9-37(23)24(38)35-7-5-17-12-18(26(29,30)31)14-19(13-17)27(32,33)34/h3-4,11-14,21,23H,5-10,15H2,1-2H3,(H,35,38)(H,36,39)/t21-,23+/m0/s1. The van der Waals surface area contributed by atoms with E-state index in [0.717, 1.165) is 6.26 Å². The Labute approximate surface area is 243 Å². The number of ether oxygens (including phenoxy) is 1. The van der Waals surface area contributed by atoms with Gasteiger partial charge in [-0.25, -0.2) is 22.4 Å². The molecule has 1 fully saturated rings. The second-order valence-electron chi connectivity index (χ2n) is 10.2. The number of alkyl halides is 6. The quantitative estimate of drug-likeness (QED) is 0.376. The number of aryl methyl sites for hydroxylation is 1. The van der Waals surface area contributed by atoms with Gasteiger partial charge >= 0.3 is 24.5 Å². The lowest BCUT2D eigenvalue weighted by Crippen LogP contribution is -2.49. The number of carbonyl (C=O) groups excluding carboxylic acids is 2. The fraction of sp³-hybridized carbons (Fsp3) is 0.481. The summed E-state index contributed by atoms with van der Waals surface area (Å²) in [6, 6.07) is 3.71. The number of halogens is 7. The first kappa shape index (κ1) is 33.9. The van der Waals surface area contributed by atoms with Crippen LogP contribution in [-0.4, -0.2) is 63.2 Å². The van der Waals surface area contributed by atoms with E-state index in [2.05, 4.69) is 10.6 Å². The van der Waals surface area contributed by atoms with Crippen LogP contribution in [0.1, 0.15) is 46.7 Å². The molecular weight excluding hydrogens is 611 g/mol. The summed E-state index contributed by atoms with van der Waals surface area (Å²) >= 11 is 0. The Bertz CT molecular complexity index is 1400. The van der Waals surface area contributed by atoms with Crippen molar-refractivity contribution in [1.29, 1.82) is 0 Å². The van der Waals surface area contributed by atoms with Gasteiger partial charge in [-0.1, -0.05) is 6.07 Å². The summed E-state index contributed by atoms with van der Waals surface area (Å²) in [6.07, 6.45) is -10.6. The van der Waals surface area contributed by atoms with Crippen LogP contribution in [0, 0.1) is 12.7 Å². The topological polar surface area (TPSA) is 105 Å². The summed E-state index contributed by atoms with van der Waals surface area (Å²) in [5.74, 6) is -0.818. The van der Waals surface area contributed by atoms with E-state index in [1.54, 1.807) is 6.92 Å². The van der Waals surface area contributed by atoms with E-state index < -0.39 is 63.4 Å². The number of likely N-dealkylation sites (tertiary alicyclic amines) is 1. The van der Waals surface area contributed by atoms with Crippen molar-refractivity contribution in [3.63, 3.8) is 0 Å². The number of urea groups is 1. The van der Waals surface area contributed by atoms with Crippen LogP contribution < -0.4 is 10.6 Å². The van der Waals surface area contributed by atoms with Crippen LogP contribution in [0.2, 0.25) is 0 Å². The summed E-state index contributed by atoms with van der Waals surface area (Å²) in [7, 11) is -3.32. The summed E-state index contributed by atoms with van der Waals surface area (Å²) in [4.78, 5) is 26.7. The maximum atomic E-state index is 13.8. The normalized spacial score (nSPS) is 17.8. The molecule has 2 aromatic rings. The lowest BCUT2D eigenvalue weighted by atomic mass is 9.91. The third-order valence-electron chi connectivity index (χ3n) is 6.76. The molecule has 1 heterocycles. The summed E-state index contributed by atoms with van der Waals surface area (Å²) in [5, 5.41) is 4.86. The van der Waals surface area contributed by atoms with Crippen molar-refractivity contribution >= 4 is 22.0 Å². The van der Waals surface area contributed by atoms with Crippen molar-refractivity contribution in [3.8, 4) is 0 Å². The predicted octanol–water partition coefficient (Wildman–Crippen LogP) is 5.40. The number of nitrogens with zero attached hydrogens (tertiary/aromatic N) is 1. The van der Waals surface area contributed by atoms with E-state index in [1.807, 2.05) is 0 Å². The van der Waals surface area contributed by atoms with Crippen LogP contribution in [-0.2, 0) is 33.3 Å². The van der Waals surface area contributed by atoms with Crippen LogP contribution in [0.25, 0.3) is 0 Å². The molecule has 3 amide bonds. The van der Waals surface area contributed by atoms with Gasteiger partial charge in [-0.15, -0.1) is 0 Å². The van der Waals surface area contributed by atoms with Crippen molar-refractivity contribution in [2.24, 2.45) is 0 Å². The molecule has 8 nitrogen and oxygen atoms in total. The Balaban J connectivity index is 1.72. The zero-order valence-electron chi connectivity index (χ0n) is 23.1. The molecule has 1 saturated heterocycles. The average Bonchev–Trinajstić information content (AvgIpc) is 2.86. The zero-order chi connectivity index (χ0) is 32.2. The minimum atomic E-state index is -5.00. The molecule has 16 heteroatoms. The maximum Gasteiger partial charge on any atom is 0.416 e. The first-order valence-corrected chi connectivity index (χ1v) is 15.1. The van der Waals surface area contributed by atoms with E-state index in [9.17, 15) is 48.7 Å². The molecule has 0 bridgehead atoms. The van der Waals surface area contributed by atoms with Gasteiger partial charge < -0.3 is 20.3 Å². The van der Waals surface area contributed by atoms with Gasteiger partial charge in [-0.05, 0) is 60.4 Å². The molecule has 1 aliphatic heterocycles. The highest BCUT2D eigenvalue weighted by Gasteiger charge is 2.37. The number of hydrogen-bond donors (Lipinski definition) is 2. The highest BCUT2D eigenvalue weighted by atomic mass is 32.2. The molecule has 2 N–H and O–H groups in total. The van der Waals surface area contributed by atoms with E-state index in [4.69, 9.17) is 4.74 Å². The average molecular weight is 642 g/mol. The molecular formula is C27H30F7N3O5S. The zero-order valence-corrected chi connectivity index (χ0v) is 23.9. The summed E-state index contributed by atoms with van der Waals surface area (Å²) < 4.78 is 121. The highest BCUT2D eigenvalue weighted by molar-refractivity contribution is 7.90. The molecule has 0 aromatic heterocycles. The van der Waals surface area contributed by atoms with Gasteiger partial charge in [-0.2, -0.15) is 26.3 Å². The molecule has 2 aromatic carbocycles. The maximum absolute atomic E-state index is 13.8. The number of benzene rings is 2. The number of piperidine rings is 1. The van der Waals surface area contributed by atoms with Crippen LogP contribution in [0.5, 0.6) is 0 Å². The second kappa shape index (κ2) is 13.4. The Kier molecular flexibility index (Phi) is 10.6. The van der Waals surface area contributed by atoms with Gasteiger partial charge in [0.25, 0.3) is 0 Å². The molecule has 3 rings (SSSR count). The van der Waals surface area contributed by atoms with Crippen LogP contribution in [0.4, 0.5) is 40.3 Å². The number of carbonyl (C=O) groups is 2. The van der Waals surface area contributed by atoms with Gasteiger partial charge in [0.05, 0.1) is 22.9 Å². The first-order chi connectivity index (χ1) is 19.8. The number of hydrogen-bond acceptors (Lipinski definition) is 5. The smallest absolute Gasteiger partial charge is 0.416 e. The van der Waals surface area contributed by atoms with Crippen molar-refractivity contribution < 1.29 is 53.5 Å². The predicted molar refractivity (Wildman–Crippen MR) is 141 cm³/mol. The Morgan fingerprint density at radius 2 is 1.60 bits per heavy atom. The van der Waals surface area contributed by atoms with E-state index in [-0.39, 0.29) is 56.3 Å². The Morgan fingerprint density at radius 3 is 2.16 bits per heavy atom. The molecule has 0 radical (unpaired) electrons. The molecule has 0 unspecified atom stereocenters. The minimum absolute atomic E-state index is 0.0237. The van der Waals surface area contributed by atoms with Gasteiger partial charge in [-0.3, -0.25) is 0 Å². The molecule has 0 saturated carbocycles. The van der Waals surface area contributed by atoms with E-state index >= 15 is 0 Å². The fourth-order valence-electron chi connectivity index (χ4n) is 4.70. The second-order valence-corrected chi connectivity index (χ2v) is 12.5. The number of nitrogens with one attached hydrogen (secondary N) is 2. The highest BCUT2D eigenvalue weighted by Crippen LogP contribution is 2.37. The molecule has 43 heavy (non-hydrogen) atoms. The van der Waals surface area contributed by atoms with Crippen molar-refractivity contribution in [3.05, 3.63) is 70.0 Å².